The van der Waals surface area contributed by atoms with Gasteiger partial charge in [0, 0.05) is 12.8 Å². The van der Waals surface area contributed by atoms with Gasteiger partial charge in [0.1, 0.15) is 0 Å². The molecule has 0 unspecified atom stereocenters. The third-order valence-electron chi connectivity index (χ3n) is 3.50. The van der Waals surface area contributed by atoms with Crippen LogP contribution in [0, 0.1) is 9.49 Å². The average molecular weight is 432 g/mol. The summed E-state index contributed by atoms with van der Waals surface area (Å²) in [7, 11) is 1.48. The minimum Gasteiger partial charge on any atom is -0.504 e. The number of rotatable bonds is 7. The molecule has 0 bridgehead atoms. The van der Waals surface area contributed by atoms with Crippen LogP contribution in [0.1, 0.15) is 45.3 Å². The number of phenols is 1. The van der Waals surface area contributed by atoms with E-state index in [4.69, 9.17) is 4.74 Å². The topological polar surface area (TPSA) is 69.9 Å². The number of ether oxygens (including phenoxy) is 1. The van der Waals surface area contributed by atoms with Crippen molar-refractivity contribution in [2.75, 3.05) is 7.11 Å². The van der Waals surface area contributed by atoms with Crippen LogP contribution in [0.3, 0.4) is 0 Å². The molecule has 0 heterocycles. The summed E-state index contributed by atoms with van der Waals surface area (Å²) >= 11 is 2.00. The van der Waals surface area contributed by atoms with Crippen LogP contribution in [0.25, 0.3) is 0 Å². The van der Waals surface area contributed by atoms with Gasteiger partial charge in [0.2, 0.25) is 0 Å². The number of aliphatic hydroxyl groups is 2. The molecule has 0 radical (unpaired) electrons. The summed E-state index contributed by atoms with van der Waals surface area (Å²) in [6.07, 6.45) is 1.68. The van der Waals surface area contributed by atoms with Crippen molar-refractivity contribution in [3.63, 3.8) is 0 Å². The van der Waals surface area contributed by atoms with Gasteiger partial charge in [-0.3, -0.25) is 0 Å². The van der Waals surface area contributed by atoms with E-state index >= 15 is 0 Å². The average Bonchev–Trinajstić information content (AvgIpc) is 2.48. The molecule has 23 heavy (non-hydrogen) atoms. The maximum Gasteiger partial charge on any atom is 0.171 e. The zero-order valence-corrected chi connectivity index (χ0v) is 16.2. The van der Waals surface area contributed by atoms with E-state index in [1.54, 1.807) is 25.1 Å². The smallest absolute Gasteiger partial charge is 0.171 e. The van der Waals surface area contributed by atoms with Gasteiger partial charge in [-0.25, -0.2) is 0 Å². The first kappa shape index (κ1) is 20.0. The Morgan fingerprint density at radius 3 is 2.48 bits per heavy atom. The van der Waals surface area contributed by atoms with Crippen molar-refractivity contribution in [2.24, 2.45) is 5.92 Å². The largest absolute Gasteiger partial charge is 0.504 e. The summed E-state index contributed by atoms with van der Waals surface area (Å²) < 4.78 is 5.74. The zero-order valence-electron chi connectivity index (χ0n) is 14.0. The second-order valence-electron chi connectivity index (χ2n) is 5.89. The number of halogens is 1. The van der Waals surface area contributed by atoms with Crippen LogP contribution in [0.5, 0.6) is 11.5 Å². The van der Waals surface area contributed by atoms with Crippen molar-refractivity contribution in [3.05, 3.63) is 38.6 Å². The van der Waals surface area contributed by atoms with Crippen molar-refractivity contribution in [3.8, 4) is 11.5 Å². The van der Waals surface area contributed by atoms with Gasteiger partial charge in [0.25, 0.3) is 0 Å². The summed E-state index contributed by atoms with van der Waals surface area (Å²) in [5.74, 6) is 0.730. The van der Waals surface area contributed by atoms with Gasteiger partial charge < -0.3 is 20.1 Å². The van der Waals surface area contributed by atoms with E-state index in [0.29, 0.717) is 33.6 Å². The molecule has 0 spiro atoms. The summed E-state index contributed by atoms with van der Waals surface area (Å²) in [4.78, 5) is 0. The monoisotopic (exact) mass is 432 g/mol. The van der Waals surface area contributed by atoms with E-state index < -0.39 is 12.2 Å². The molecule has 0 aliphatic rings. The Kier molecular flexibility index (Phi) is 8.12. The second-order valence-corrected chi connectivity index (χ2v) is 7.05. The molecule has 0 aliphatic carbocycles. The molecule has 4 nitrogen and oxygen atoms in total. The molecule has 5 heteroatoms. The lowest BCUT2D eigenvalue weighted by Gasteiger charge is -2.13. The fourth-order valence-corrected chi connectivity index (χ4v) is 2.78. The van der Waals surface area contributed by atoms with E-state index in [9.17, 15) is 15.3 Å². The molecule has 0 saturated heterocycles. The van der Waals surface area contributed by atoms with Crippen LogP contribution >= 0.6 is 22.6 Å². The zero-order chi connectivity index (χ0) is 17.6. The molecule has 0 fully saturated rings. The highest BCUT2D eigenvalue weighted by Crippen LogP contribution is 2.35. The Bertz CT molecular complexity index is 587. The normalized spacial score (nSPS) is 13.4. The number of aromatic hydroxyl groups is 1. The fraction of sp³-hybridized carbons (Fsp3) is 0.500. The van der Waals surface area contributed by atoms with Crippen LogP contribution in [-0.4, -0.2) is 28.5 Å². The van der Waals surface area contributed by atoms with Gasteiger partial charge in [0.15, 0.2) is 11.5 Å². The maximum atomic E-state index is 10.3. The quantitative estimate of drug-likeness (QED) is 0.451. The van der Waals surface area contributed by atoms with Crippen LogP contribution in [0.15, 0.2) is 29.5 Å². The molecule has 1 aromatic carbocycles. The number of methoxy groups -OCH3 is 1. The Morgan fingerprint density at radius 2 is 1.96 bits per heavy atom. The van der Waals surface area contributed by atoms with E-state index in [-0.39, 0.29) is 5.75 Å². The van der Waals surface area contributed by atoms with E-state index in [1.165, 1.54) is 7.11 Å². The number of aliphatic hydroxyl groups excluding tert-OH is 2. The molecular weight excluding hydrogens is 407 g/mol. The van der Waals surface area contributed by atoms with Crippen molar-refractivity contribution < 1.29 is 20.1 Å². The van der Waals surface area contributed by atoms with E-state index in [0.717, 1.165) is 5.57 Å². The fourth-order valence-electron chi connectivity index (χ4n) is 2.16. The van der Waals surface area contributed by atoms with Crippen molar-refractivity contribution in [1.82, 2.24) is 0 Å². The highest BCUT2D eigenvalue weighted by atomic mass is 127. The van der Waals surface area contributed by atoms with Crippen molar-refractivity contribution in [1.29, 1.82) is 0 Å². The number of hydrogen-bond donors (Lipinski definition) is 3. The lowest BCUT2D eigenvalue weighted by atomic mass is 9.98. The lowest BCUT2D eigenvalue weighted by molar-refractivity contribution is 0.181. The molecule has 1 aromatic rings. The van der Waals surface area contributed by atoms with E-state index in [1.807, 2.05) is 22.6 Å². The third kappa shape index (κ3) is 6.18. The summed E-state index contributed by atoms with van der Waals surface area (Å²) in [5.41, 5.74) is 4.91. The van der Waals surface area contributed by atoms with Crippen molar-refractivity contribution in [2.45, 2.75) is 45.8 Å². The number of hydrogen-bond acceptors (Lipinski definition) is 4. The molecule has 2 atom stereocenters. The maximum absolute atomic E-state index is 10.3. The molecule has 0 aliphatic heterocycles. The predicted octanol–water partition coefficient (Wildman–Crippen LogP) is 3.94. The van der Waals surface area contributed by atoms with Crippen LogP contribution in [0.2, 0.25) is 0 Å². The molecule has 0 aromatic heterocycles. The van der Waals surface area contributed by atoms with Crippen LogP contribution in [-0.2, 0) is 0 Å². The minimum atomic E-state index is -0.703. The summed E-state index contributed by atoms with van der Waals surface area (Å²) in [6, 6.07) is 3.37. The lowest BCUT2D eigenvalue weighted by Crippen LogP contribution is -2.04. The Morgan fingerprint density at radius 1 is 1.30 bits per heavy atom. The summed E-state index contributed by atoms with van der Waals surface area (Å²) in [6.45, 7) is 5.87. The molecule has 0 amide bonds. The Labute approximate surface area is 151 Å². The van der Waals surface area contributed by atoms with Gasteiger partial charge >= 0.3 is 0 Å². The molecule has 128 valence electrons. The number of phenolic OH excluding ortho intramolecular Hbond substituents is 1. The third-order valence-corrected chi connectivity index (χ3v) is 4.32. The first-order chi connectivity index (χ1) is 10.8. The van der Waals surface area contributed by atoms with Gasteiger partial charge in [-0.2, -0.15) is 0 Å². The van der Waals surface area contributed by atoms with Gasteiger partial charge in [-0.05, 0) is 64.8 Å². The highest BCUT2D eigenvalue weighted by molar-refractivity contribution is 14.1. The molecule has 3 N–H and O–H groups in total. The molecular formula is C18H25IO4. The van der Waals surface area contributed by atoms with Crippen molar-refractivity contribution >= 4 is 22.6 Å². The predicted molar refractivity (Wildman–Crippen MR) is 99.7 cm³/mol. The standard InChI is InChI=1S/C18H25IO4/c1-11(2)13(8-12(3)20)6-5-7-16(21)14-9-15(19)18(22)17(10-14)23-4/h5,9-12,16,20-22H,7-8H2,1-4H3/t6?,12-,16+/m0/s1. The Balaban J connectivity index is 2.93. The van der Waals surface area contributed by atoms with E-state index in [2.05, 4.69) is 19.6 Å². The molecule has 0 saturated carbocycles. The highest BCUT2D eigenvalue weighted by Gasteiger charge is 2.13. The first-order valence-electron chi connectivity index (χ1n) is 7.62. The number of benzene rings is 1. The van der Waals surface area contributed by atoms with Crippen LogP contribution < -0.4 is 4.74 Å². The van der Waals surface area contributed by atoms with Crippen LogP contribution in [0.4, 0.5) is 0 Å². The first-order valence-corrected chi connectivity index (χ1v) is 8.70. The molecule has 1 rings (SSSR count). The Hall–Kier alpha value is -1.01. The minimum absolute atomic E-state index is 0.0820. The second kappa shape index (κ2) is 9.33. The summed E-state index contributed by atoms with van der Waals surface area (Å²) in [5, 5.41) is 29.7. The SMILES string of the molecule is COc1cc([C@H](O)CC=C=C(C[C@H](C)O)C(C)C)cc(I)c1O. The van der Waals surface area contributed by atoms with Gasteiger partial charge in [0.05, 0.1) is 22.9 Å². The van der Waals surface area contributed by atoms with Gasteiger partial charge in [-0.1, -0.05) is 13.8 Å². The van der Waals surface area contributed by atoms with Gasteiger partial charge in [-0.15, -0.1) is 5.73 Å².